The molecule has 38 heavy (non-hydrogen) atoms. The number of halogens is 1. The van der Waals surface area contributed by atoms with Gasteiger partial charge in [0.1, 0.15) is 11.6 Å². The van der Waals surface area contributed by atoms with Crippen molar-refractivity contribution in [3.05, 3.63) is 77.3 Å². The Balaban J connectivity index is 1.36. The molecule has 0 aromatic heterocycles. The van der Waals surface area contributed by atoms with Crippen molar-refractivity contribution >= 4 is 35.0 Å². The summed E-state index contributed by atoms with van der Waals surface area (Å²) < 4.78 is 6.61. The molecule has 7 nitrogen and oxygen atoms in total. The Morgan fingerprint density at radius 2 is 1.71 bits per heavy atom. The van der Waals surface area contributed by atoms with Crippen molar-refractivity contribution in [3.8, 4) is 0 Å². The number of hydrogen-bond acceptors (Lipinski definition) is 4. The van der Waals surface area contributed by atoms with E-state index in [9.17, 15) is 14.4 Å². The molecule has 3 fully saturated rings. The molecule has 1 spiro atoms. The van der Waals surface area contributed by atoms with E-state index in [1.807, 2.05) is 61.5 Å². The van der Waals surface area contributed by atoms with Gasteiger partial charge in [0.15, 0.2) is 0 Å². The predicted molar refractivity (Wildman–Crippen MR) is 144 cm³/mol. The first-order chi connectivity index (χ1) is 18.3. The highest BCUT2D eigenvalue weighted by Crippen LogP contribution is 2.60. The van der Waals surface area contributed by atoms with Gasteiger partial charge in [0.05, 0.1) is 17.4 Å². The number of carbonyl (C=O) groups excluding carboxylic acids is 3. The lowest BCUT2D eigenvalue weighted by molar-refractivity contribution is -0.145. The molecule has 1 saturated carbocycles. The van der Waals surface area contributed by atoms with Gasteiger partial charge in [-0.05, 0) is 49.6 Å². The first-order valence-electron chi connectivity index (χ1n) is 13.4. The SMILES string of the molecule is C[C@@]12C=C[C@@]3(O1)[C@H](C(=O)N(Cc1ccc(Cl)cc1)[C@@H]3C(=O)NC1CCCCC1)[C@H]2C(=O)Nc1ccccc1. The average molecular weight is 534 g/mol. The Morgan fingerprint density at radius 1 is 1.00 bits per heavy atom. The van der Waals surface area contributed by atoms with Crippen LogP contribution in [0.4, 0.5) is 5.69 Å². The van der Waals surface area contributed by atoms with Crippen LogP contribution in [0.15, 0.2) is 66.7 Å². The van der Waals surface area contributed by atoms with E-state index in [4.69, 9.17) is 16.3 Å². The summed E-state index contributed by atoms with van der Waals surface area (Å²) in [6, 6.07) is 15.6. The van der Waals surface area contributed by atoms with E-state index in [0.717, 1.165) is 31.2 Å². The van der Waals surface area contributed by atoms with Crippen LogP contribution in [0.2, 0.25) is 5.02 Å². The molecule has 2 bridgehead atoms. The fourth-order valence-electron chi connectivity index (χ4n) is 6.85. The normalized spacial score (nSPS) is 31.9. The Hall–Kier alpha value is -3.16. The quantitative estimate of drug-likeness (QED) is 0.536. The zero-order valence-electron chi connectivity index (χ0n) is 21.4. The van der Waals surface area contributed by atoms with E-state index in [-0.39, 0.29) is 30.3 Å². The van der Waals surface area contributed by atoms with Crippen LogP contribution in [0.1, 0.15) is 44.6 Å². The number of nitrogens with one attached hydrogen (secondary N) is 2. The third-order valence-electron chi connectivity index (χ3n) is 8.59. The van der Waals surface area contributed by atoms with Crippen molar-refractivity contribution in [2.24, 2.45) is 11.8 Å². The number of anilines is 1. The summed E-state index contributed by atoms with van der Waals surface area (Å²) in [6.07, 6.45) is 8.89. The molecule has 1 aliphatic carbocycles. The third kappa shape index (κ3) is 4.12. The van der Waals surface area contributed by atoms with Gasteiger partial charge in [-0.2, -0.15) is 0 Å². The van der Waals surface area contributed by atoms with Crippen LogP contribution in [0.25, 0.3) is 0 Å². The largest absolute Gasteiger partial charge is 0.356 e. The Kier molecular flexibility index (Phi) is 6.31. The summed E-state index contributed by atoms with van der Waals surface area (Å²) in [5.74, 6) is -2.34. The molecule has 5 atom stereocenters. The van der Waals surface area contributed by atoms with Crippen molar-refractivity contribution in [2.75, 3.05) is 5.32 Å². The number of ether oxygens (including phenoxy) is 1. The Labute approximate surface area is 227 Å². The maximum Gasteiger partial charge on any atom is 0.246 e. The topological polar surface area (TPSA) is 87.7 Å². The van der Waals surface area contributed by atoms with E-state index in [1.54, 1.807) is 17.0 Å². The van der Waals surface area contributed by atoms with Gasteiger partial charge >= 0.3 is 0 Å². The summed E-state index contributed by atoms with van der Waals surface area (Å²) in [7, 11) is 0. The summed E-state index contributed by atoms with van der Waals surface area (Å²) >= 11 is 6.09. The lowest BCUT2D eigenvalue weighted by atomic mass is 9.70. The molecule has 0 radical (unpaired) electrons. The second-order valence-electron chi connectivity index (χ2n) is 11.1. The highest BCUT2D eigenvalue weighted by Gasteiger charge is 2.76. The second kappa shape index (κ2) is 9.54. The van der Waals surface area contributed by atoms with Crippen LogP contribution >= 0.6 is 11.6 Å². The minimum absolute atomic E-state index is 0.0783. The molecule has 2 saturated heterocycles. The fraction of sp³-hybridized carbons (Fsp3) is 0.433. The van der Waals surface area contributed by atoms with Crippen LogP contribution in [0.5, 0.6) is 0 Å². The van der Waals surface area contributed by atoms with Crippen molar-refractivity contribution < 1.29 is 19.1 Å². The van der Waals surface area contributed by atoms with Gasteiger partial charge < -0.3 is 20.3 Å². The minimum Gasteiger partial charge on any atom is -0.356 e. The maximum atomic E-state index is 14.2. The molecule has 0 unspecified atom stereocenters. The van der Waals surface area contributed by atoms with Crippen LogP contribution < -0.4 is 10.6 Å². The van der Waals surface area contributed by atoms with E-state index in [0.29, 0.717) is 10.7 Å². The zero-order valence-corrected chi connectivity index (χ0v) is 22.1. The average Bonchev–Trinajstić information content (AvgIpc) is 3.47. The number of para-hydroxylation sites is 1. The first-order valence-corrected chi connectivity index (χ1v) is 13.8. The number of amides is 3. The fourth-order valence-corrected chi connectivity index (χ4v) is 6.98. The number of nitrogens with zero attached hydrogens (tertiary/aromatic N) is 1. The number of fused-ring (bicyclic) bond motifs is 1. The van der Waals surface area contributed by atoms with Crippen LogP contribution in [-0.2, 0) is 25.7 Å². The van der Waals surface area contributed by atoms with Gasteiger partial charge in [0.2, 0.25) is 17.7 Å². The molecule has 2 aromatic rings. The van der Waals surface area contributed by atoms with Gasteiger partial charge in [0.25, 0.3) is 0 Å². The number of hydrogen-bond donors (Lipinski definition) is 2. The molecule has 3 amide bonds. The van der Waals surface area contributed by atoms with Crippen molar-refractivity contribution in [3.63, 3.8) is 0 Å². The van der Waals surface area contributed by atoms with Crippen molar-refractivity contribution in [1.82, 2.24) is 10.2 Å². The standard InChI is InChI=1S/C30H32ClN3O4/c1-29-16-17-30(38-29)24(23(29)26(35)32-21-8-4-2-5-9-21)28(37)34(18-19-12-14-20(31)15-13-19)25(30)27(36)33-22-10-6-3-7-11-22/h2,4-5,8-9,12-17,22-25H,3,6-7,10-11,18H2,1H3,(H,32,35)(H,33,36)/t23-,24-,25+,29-,30+/m0/s1. The van der Waals surface area contributed by atoms with E-state index in [2.05, 4.69) is 10.6 Å². The summed E-state index contributed by atoms with van der Waals surface area (Å²) in [4.78, 5) is 43.4. The third-order valence-corrected chi connectivity index (χ3v) is 8.84. The number of carbonyl (C=O) groups is 3. The minimum atomic E-state index is -1.21. The molecule has 3 aliphatic heterocycles. The van der Waals surface area contributed by atoms with Crippen molar-refractivity contribution in [1.29, 1.82) is 0 Å². The number of benzene rings is 2. The highest BCUT2D eigenvalue weighted by molar-refractivity contribution is 6.30. The summed E-state index contributed by atoms with van der Waals surface area (Å²) in [5.41, 5.74) is -0.702. The molecular weight excluding hydrogens is 502 g/mol. The molecule has 3 heterocycles. The Bertz CT molecular complexity index is 1280. The Morgan fingerprint density at radius 3 is 2.42 bits per heavy atom. The lowest BCUT2D eigenvalue weighted by Gasteiger charge is -2.34. The van der Waals surface area contributed by atoms with Gasteiger partial charge in [-0.1, -0.05) is 73.3 Å². The van der Waals surface area contributed by atoms with Crippen LogP contribution in [-0.4, -0.2) is 45.9 Å². The number of rotatable bonds is 6. The molecule has 2 aromatic carbocycles. The van der Waals surface area contributed by atoms with Gasteiger partial charge in [-0.15, -0.1) is 0 Å². The van der Waals surface area contributed by atoms with E-state index < -0.39 is 29.1 Å². The maximum absolute atomic E-state index is 14.2. The molecule has 4 aliphatic rings. The van der Waals surface area contributed by atoms with E-state index >= 15 is 0 Å². The van der Waals surface area contributed by atoms with Crippen molar-refractivity contribution in [2.45, 2.75) is 68.9 Å². The molecular formula is C30H32ClN3O4. The van der Waals surface area contributed by atoms with Crippen LogP contribution in [0.3, 0.4) is 0 Å². The first kappa shape index (κ1) is 25.1. The zero-order chi connectivity index (χ0) is 26.5. The van der Waals surface area contributed by atoms with E-state index in [1.165, 1.54) is 6.42 Å². The van der Waals surface area contributed by atoms with Gasteiger partial charge in [0, 0.05) is 23.3 Å². The second-order valence-corrected chi connectivity index (χ2v) is 11.6. The smallest absolute Gasteiger partial charge is 0.246 e. The lowest BCUT2D eigenvalue weighted by Crippen LogP contribution is -2.56. The molecule has 8 heteroatoms. The molecule has 2 N–H and O–H groups in total. The predicted octanol–water partition coefficient (Wildman–Crippen LogP) is 4.47. The van der Waals surface area contributed by atoms with Crippen LogP contribution in [0, 0.1) is 11.8 Å². The molecule has 198 valence electrons. The monoisotopic (exact) mass is 533 g/mol. The number of likely N-dealkylation sites (tertiary alicyclic amines) is 1. The van der Waals surface area contributed by atoms with Gasteiger partial charge in [-0.25, -0.2) is 0 Å². The van der Waals surface area contributed by atoms with Gasteiger partial charge in [-0.3, -0.25) is 14.4 Å². The highest BCUT2D eigenvalue weighted by atomic mass is 35.5. The summed E-state index contributed by atoms with van der Waals surface area (Å²) in [6.45, 7) is 2.05. The summed E-state index contributed by atoms with van der Waals surface area (Å²) in [5, 5.41) is 6.79. The molecule has 6 rings (SSSR count).